The lowest BCUT2D eigenvalue weighted by Crippen LogP contribution is -2.18. The molecule has 0 bridgehead atoms. The second-order valence-corrected chi connectivity index (χ2v) is 7.23. The van der Waals surface area contributed by atoms with E-state index in [0.717, 1.165) is 12.4 Å². The van der Waals surface area contributed by atoms with Gasteiger partial charge in [0, 0.05) is 24.0 Å². The largest absolute Gasteiger partial charge is 0.273 e. The topological polar surface area (TPSA) is 82.9 Å². The number of rotatable bonds is 10. The van der Waals surface area contributed by atoms with Crippen LogP contribution in [0.5, 0.6) is 0 Å². The van der Waals surface area contributed by atoms with Crippen LogP contribution >= 0.6 is 23.2 Å². The number of amides is 2. The van der Waals surface area contributed by atoms with Crippen LogP contribution < -0.4 is 10.9 Å². The Morgan fingerprint density at radius 3 is 1.58 bits per heavy atom. The summed E-state index contributed by atoms with van der Waals surface area (Å²) in [4.78, 5) is 23.5. The summed E-state index contributed by atoms with van der Waals surface area (Å²) in [5, 5.41) is 7.78. The van der Waals surface area contributed by atoms with Crippen LogP contribution in [0.2, 0.25) is 10.0 Å². The van der Waals surface area contributed by atoms with Crippen molar-refractivity contribution in [3.8, 4) is 0 Å². The van der Waals surface area contributed by atoms with E-state index in [-0.39, 0.29) is 45.8 Å². The highest BCUT2D eigenvalue weighted by Gasteiger charge is 2.06. The molecule has 0 aliphatic heterocycles. The highest BCUT2D eigenvalue weighted by molar-refractivity contribution is 6.33. The van der Waals surface area contributed by atoms with Gasteiger partial charge in [-0.1, -0.05) is 41.8 Å². The summed E-state index contributed by atoms with van der Waals surface area (Å²) in [6.45, 7) is 0. The van der Waals surface area contributed by atoms with Crippen molar-refractivity contribution < 1.29 is 18.4 Å². The minimum Gasteiger partial charge on any atom is -0.273 e. The molecule has 0 saturated heterocycles. The zero-order valence-corrected chi connectivity index (χ0v) is 17.9. The molecule has 0 aliphatic carbocycles. The third-order valence-electron chi connectivity index (χ3n) is 4.07. The number of hydrogen-bond acceptors (Lipinski definition) is 4. The van der Waals surface area contributed by atoms with Crippen molar-refractivity contribution in [1.29, 1.82) is 0 Å². The Kier molecular flexibility index (Phi) is 10.1. The average molecular weight is 469 g/mol. The van der Waals surface area contributed by atoms with Gasteiger partial charge in [0.25, 0.3) is 0 Å². The number of nitrogens with one attached hydrogen (secondary N) is 2. The van der Waals surface area contributed by atoms with Gasteiger partial charge in [-0.3, -0.25) is 9.59 Å². The molecule has 10 heteroatoms. The van der Waals surface area contributed by atoms with Crippen molar-refractivity contribution in [1.82, 2.24) is 10.9 Å². The fraction of sp³-hybridized carbons (Fsp3) is 0.238. The van der Waals surface area contributed by atoms with Crippen molar-refractivity contribution >= 4 is 47.4 Å². The van der Waals surface area contributed by atoms with Crippen LogP contribution in [-0.2, 0) is 9.59 Å². The second kappa shape index (κ2) is 12.8. The zero-order chi connectivity index (χ0) is 22.6. The predicted octanol–water partition coefficient (Wildman–Crippen LogP) is 4.82. The fourth-order valence-electron chi connectivity index (χ4n) is 2.47. The van der Waals surface area contributed by atoms with Crippen molar-refractivity contribution in [3.63, 3.8) is 0 Å². The van der Waals surface area contributed by atoms with Crippen LogP contribution in [0.3, 0.4) is 0 Å². The lowest BCUT2D eigenvalue weighted by Gasteiger charge is -2.02. The van der Waals surface area contributed by atoms with Gasteiger partial charge in [0.1, 0.15) is 11.6 Å². The second-order valence-electron chi connectivity index (χ2n) is 6.42. The van der Waals surface area contributed by atoms with E-state index in [1.165, 1.54) is 36.4 Å². The van der Waals surface area contributed by atoms with Gasteiger partial charge >= 0.3 is 0 Å². The van der Waals surface area contributed by atoms with E-state index in [9.17, 15) is 18.4 Å². The lowest BCUT2D eigenvalue weighted by molar-refractivity contribution is -0.121. The maximum absolute atomic E-state index is 13.6. The third-order valence-corrected chi connectivity index (χ3v) is 4.73. The van der Waals surface area contributed by atoms with Crippen molar-refractivity contribution in [2.45, 2.75) is 32.1 Å². The highest BCUT2D eigenvalue weighted by Crippen LogP contribution is 2.17. The Balaban J connectivity index is 1.61. The molecule has 2 aromatic carbocycles. The van der Waals surface area contributed by atoms with Crippen LogP contribution in [0.15, 0.2) is 46.6 Å². The third kappa shape index (κ3) is 8.43. The predicted molar refractivity (Wildman–Crippen MR) is 117 cm³/mol. The van der Waals surface area contributed by atoms with Gasteiger partial charge in [0.05, 0.1) is 22.5 Å². The molecule has 0 atom stereocenters. The van der Waals surface area contributed by atoms with Gasteiger partial charge in [0.2, 0.25) is 11.8 Å². The molecule has 2 aromatic rings. The number of unbranched alkanes of at least 4 members (excludes halogenated alkanes) is 2. The van der Waals surface area contributed by atoms with Crippen LogP contribution in [0.1, 0.15) is 43.2 Å². The van der Waals surface area contributed by atoms with E-state index >= 15 is 0 Å². The maximum atomic E-state index is 13.6. The average Bonchev–Trinajstić information content (AvgIpc) is 2.72. The molecule has 164 valence electrons. The van der Waals surface area contributed by atoms with E-state index < -0.39 is 11.6 Å². The van der Waals surface area contributed by atoms with Gasteiger partial charge in [0.15, 0.2) is 0 Å². The highest BCUT2D eigenvalue weighted by atomic mass is 35.5. The zero-order valence-electron chi connectivity index (χ0n) is 16.4. The molecular weight excluding hydrogens is 449 g/mol. The summed E-state index contributed by atoms with van der Waals surface area (Å²) < 4.78 is 27.1. The minimum atomic E-state index is -0.537. The molecule has 0 radical (unpaired) electrons. The SMILES string of the molecule is O=C(CCCCCC(=O)NN=Cc1c(F)cccc1Cl)NN=Cc1c(F)cccc1Cl. The van der Waals surface area contributed by atoms with E-state index in [1.54, 1.807) is 0 Å². The van der Waals surface area contributed by atoms with E-state index in [0.29, 0.717) is 19.3 Å². The van der Waals surface area contributed by atoms with E-state index in [1.807, 2.05) is 0 Å². The van der Waals surface area contributed by atoms with E-state index in [4.69, 9.17) is 23.2 Å². The van der Waals surface area contributed by atoms with Crippen LogP contribution in [0.4, 0.5) is 8.78 Å². The Hall–Kier alpha value is -2.84. The number of halogens is 4. The maximum Gasteiger partial charge on any atom is 0.240 e. The summed E-state index contributed by atoms with van der Waals surface area (Å²) in [5.74, 6) is -1.74. The first-order valence-corrected chi connectivity index (χ1v) is 10.2. The van der Waals surface area contributed by atoms with E-state index in [2.05, 4.69) is 21.1 Å². The number of nitrogens with zero attached hydrogens (tertiary/aromatic N) is 2. The van der Waals surface area contributed by atoms with Crippen LogP contribution in [-0.4, -0.2) is 24.2 Å². The summed E-state index contributed by atoms with van der Waals surface area (Å²) in [6.07, 6.45) is 4.42. The molecule has 0 fully saturated rings. The fourth-order valence-corrected chi connectivity index (χ4v) is 2.89. The summed E-state index contributed by atoms with van der Waals surface area (Å²) >= 11 is 11.7. The Morgan fingerprint density at radius 2 is 1.19 bits per heavy atom. The standard InChI is InChI=1S/C21H20Cl2F2N4O2/c22-16-6-4-8-18(24)14(16)12-26-28-20(30)10-2-1-3-11-21(31)29-27-13-15-17(23)7-5-9-19(15)25/h4-9,12-13H,1-3,10-11H2,(H,28,30)(H,29,31). The Labute approximate surface area is 188 Å². The molecule has 0 heterocycles. The number of hydrazone groups is 2. The summed E-state index contributed by atoms with van der Waals surface area (Å²) in [6, 6.07) is 8.46. The van der Waals surface area contributed by atoms with Crippen LogP contribution in [0, 0.1) is 11.6 Å². The first-order chi connectivity index (χ1) is 14.9. The monoisotopic (exact) mass is 468 g/mol. The Morgan fingerprint density at radius 1 is 0.774 bits per heavy atom. The molecule has 2 rings (SSSR count). The molecule has 0 saturated carbocycles. The minimum absolute atomic E-state index is 0.0930. The van der Waals surface area contributed by atoms with Crippen molar-refractivity contribution in [3.05, 3.63) is 69.2 Å². The molecular formula is C21H20Cl2F2N4O2. The van der Waals surface area contributed by atoms with Crippen molar-refractivity contribution in [2.75, 3.05) is 0 Å². The molecule has 0 spiro atoms. The summed E-state index contributed by atoms with van der Waals surface area (Å²) in [7, 11) is 0. The molecule has 0 aliphatic rings. The molecule has 6 nitrogen and oxygen atoms in total. The molecule has 2 amide bonds. The Bertz CT molecular complexity index is 866. The molecule has 0 unspecified atom stereocenters. The molecule has 31 heavy (non-hydrogen) atoms. The van der Waals surface area contributed by atoms with Gasteiger partial charge in [-0.2, -0.15) is 10.2 Å². The smallest absolute Gasteiger partial charge is 0.240 e. The molecule has 0 aromatic heterocycles. The first kappa shape index (κ1) is 24.4. The van der Waals surface area contributed by atoms with Gasteiger partial charge in [-0.05, 0) is 37.1 Å². The number of benzene rings is 2. The normalized spacial score (nSPS) is 11.2. The summed E-state index contributed by atoms with van der Waals surface area (Å²) in [5.41, 5.74) is 4.79. The van der Waals surface area contributed by atoms with Crippen LogP contribution in [0.25, 0.3) is 0 Å². The van der Waals surface area contributed by atoms with Gasteiger partial charge in [-0.25, -0.2) is 19.6 Å². The quantitative estimate of drug-likeness (QED) is 0.297. The first-order valence-electron chi connectivity index (χ1n) is 9.40. The van der Waals surface area contributed by atoms with Gasteiger partial charge < -0.3 is 0 Å². The lowest BCUT2D eigenvalue weighted by atomic mass is 10.1. The number of carbonyl (C=O) groups excluding carboxylic acids is 2. The molecule has 2 N–H and O–H groups in total. The number of hydrogen-bond donors (Lipinski definition) is 2. The van der Waals surface area contributed by atoms with Gasteiger partial charge in [-0.15, -0.1) is 0 Å². The number of carbonyl (C=O) groups is 2. The van der Waals surface area contributed by atoms with Crippen molar-refractivity contribution in [2.24, 2.45) is 10.2 Å².